The van der Waals surface area contributed by atoms with Crippen LogP contribution in [0, 0.1) is 6.92 Å². The fourth-order valence-electron chi connectivity index (χ4n) is 2.35. The molecule has 0 unspecified atom stereocenters. The van der Waals surface area contributed by atoms with Gasteiger partial charge in [0.2, 0.25) is 0 Å². The molecular formula is C13H19NO3S. The molecule has 5 heteroatoms. The first-order valence-corrected chi connectivity index (χ1v) is 7.66. The third-order valence-electron chi connectivity index (χ3n) is 3.21. The summed E-state index contributed by atoms with van der Waals surface area (Å²) >= 11 is 0. The number of aryl methyl sites for hydroxylation is 1. The van der Waals surface area contributed by atoms with Gasteiger partial charge >= 0.3 is 0 Å². The number of nitrogens with one attached hydrogen (secondary N) is 1. The highest BCUT2D eigenvalue weighted by atomic mass is 32.2. The van der Waals surface area contributed by atoms with Gasteiger partial charge in [0.15, 0.2) is 0 Å². The van der Waals surface area contributed by atoms with Gasteiger partial charge in [-0.05, 0) is 44.4 Å². The van der Waals surface area contributed by atoms with E-state index < -0.39 is 10.1 Å². The summed E-state index contributed by atoms with van der Waals surface area (Å²) < 4.78 is 29.1. The Kier molecular flexibility index (Phi) is 4.04. The number of hydrogen-bond acceptors (Lipinski definition) is 4. The van der Waals surface area contributed by atoms with Crippen LogP contribution in [0.1, 0.15) is 30.4 Å². The lowest BCUT2D eigenvalue weighted by Gasteiger charge is -2.15. The van der Waals surface area contributed by atoms with E-state index in [1.54, 1.807) is 13.0 Å². The third-order valence-corrected chi connectivity index (χ3v) is 4.66. The molecule has 0 aromatic heterocycles. The van der Waals surface area contributed by atoms with Crippen LogP contribution in [0.25, 0.3) is 0 Å². The average Bonchev–Trinajstić information content (AvgIpc) is 2.81. The molecule has 1 saturated heterocycles. The van der Waals surface area contributed by atoms with Crippen molar-refractivity contribution in [1.29, 1.82) is 0 Å². The van der Waals surface area contributed by atoms with Gasteiger partial charge in [-0.3, -0.25) is 4.18 Å². The standard InChI is InChI=1S/C13H19NO3S/c1-3-17-18(15,16)13-5-4-10(2)8-12(13)11-6-7-14-9-11/h4-5,8,11,14H,3,6-7,9H2,1-2H3/t11-/m0/s1. The van der Waals surface area contributed by atoms with Crippen LogP contribution in [0.2, 0.25) is 0 Å². The maximum Gasteiger partial charge on any atom is 0.297 e. The maximum absolute atomic E-state index is 12.1. The van der Waals surface area contributed by atoms with E-state index >= 15 is 0 Å². The lowest BCUT2D eigenvalue weighted by molar-refractivity contribution is 0.337. The zero-order chi connectivity index (χ0) is 13.2. The van der Waals surface area contributed by atoms with Gasteiger partial charge in [-0.15, -0.1) is 0 Å². The minimum atomic E-state index is -3.62. The molecule has 18 heavy (non-hydrogen) atoms. The summed E-state index contributed by atoms with van der Waals surface area (Å²) in [7, 11) is -3.62. The predicted octanol–water partition coefficient (Wildman–Crippen LogP) is 1.80. The molecule has 0 radical (unpaired) electrons. The van der Waals surface area contributed by atoms with Gasteiger partial charge in [0, 0.05) is 6.54 Å². The predicted molar refractivity (Wildman–Crippen MR) is 70.2 cm³/mol. The second-order valence-electron chi connectivity index (χ2n) is 4.59. The minimum absolute atomic E-state index is 0.165. The zero-order valence-electron chi connectivity index (χ0n) is 10.8. The van der Waals surface area contributed by atoms with E-state index in [0.717, 1.165) is 30.6 Å². The molecule has 0 aliphatic carbocycles. The van der Waals surface area contributed by atoms with Gasteiger partial charge < -0.3 is 5.32 Å². The Balaban J connectivity index is 2.46. The quantitative estimate of drug-likeness (QED) is 0.847. The smallest absolute Gasteiger partial charge is 0.297 e. The Hall–Kier alpha value is -0.910. The summed E-state index contributed by atoms with van der Waals surface area (Å²) in [5.41, 5.74) is 1.96. The van der Waals surface area contributed by atoms with Gasteiger partial charge in [0.1, 0.15) is 0 Å². The normalized spacial score (nSPS) is 20.2. The molecule has 0 spiro atoms. The monoisotopic (exact) mass is 269 g/mol. The van der Waals surface area contributed by atoms with Crippen molar-refractivity contribution in [3.05, 3.63) is 29.3 Å². The van der Waals surface area contributed by atoms with Crippen molar-refractivity contribution in [2.24, 2.45) is 0 Å². The summed E-state index contributed by atoms with van der Waals surface area (Å²) in [6.45, 7) is 5.59. The second-order valence-corrected chi connectivity index (χ2v) is 6.18. The minimum Gasteiger partial charge on any atom is -0.316 e. The van der Waals surface area contributed by atoms with Crippen molar-refractivity contribution in [1.82, 2.24) is 5.32 Å². The second kappa shape index (κ2) is 5.38. The van der Waals surface area contributed by atoms with E-state index in [1.165, 1.54) is 0 Å². The summed E-state index contributed by atoms with van der Waals surface area (Å²) in [5.74, 6) is 0.259. The molecule has 2 rings (SSSR count). The summed E-state index contributed by atoms with van der Waals surface area (Å²) in [6, 6.07) is 5.44. The van der Waals surface area contributed by atoms with E-state index in [9.17, 15) is 8.42 Å². The summed E-state index contributed by atoms with van der Waals surface area (Å²) in [4.78, 5) is 0.323. The fourth-order valence-corrected chi connectivity index (χ4v) is 3.54. The van der Waals surface area contributed by atoms with Crippen molar-refractivity contribution in [2.45, 2.75) is 31.1 Å². The molecule has 100 valence electrons. The Morgan fingerprint density at radius 3 is 2.83 bits per heavy atom. The zero-order valence-corrected chi connectivity index (χ0v) is 11.6. The largest absolute Gasteiger partial charge is 0.316 e. The van der Waals surface area contributed by atoms with Crippen LogP contribution < -0.4 is 5.32 Å². The Bertz CT molecular complexity index is 519. The molecule has 4 nitrogen and oxygen atoms in total. The molecule has 1 aromatic carbocycles. The molecule has 1 fully saturated rings. The van der Waals surface area contributed by atoms with Crippen LogP contribution in [0.4, 0.5) is 0 Å². The molecule has 1 heterocycles. The van der Waals surface area contributed by atoms with E-state index in [1.807, 2.05) is 19.1 Å². The van der Waals surface area contributed by atoms with E-state index in [-0.39, 0.29) is 12.5 Å². The third kappa shape index (κ3) is 2.74. The lowest BCUT2D eigenvalue weighted by atomic mass is 9.97. The molecule has 1 atom stereocenters. The number of hydrogen-bond donors (Lipinski definition) is 1. The highest BCUT2D eigenvalue weighted by molar-refractivity contribution is 7.86. The van der Waals surface area contributed by atoms with Gasteiger partial charge in [-0.25, -0.2) is 0 Å². The Morgan fingerprint density at radius 2 is 2.22 bits per heavy atom. The highest BCUT2D eigenvalue weighted by Gasteiger charge is 2.26. The highest BCUT2D eigenvalue weighted by Crippen LogP contribution is 2.30. The van der Waals surface area contributed by atoms with Crippen molar-refractivity contribution in [3.63, 3.8) is 0 Å². The average molecular weight is 269 g/mol. The van der Waals surface area contributed by atoms with E-state index in [0.29, 0.717) is 4.90 Å². The van der Waals surface area contributed by atoms with Crippen molar-refractivity contribution in [3.8, 4) is 0 Å². The van der Waals surface area contributed by atoms with E-state index in [4.69, 9.17) is 4.18 Å². The van der Waals surface area contributed by atoms with Crippen LogP contribution in [0.5, 0.6) is 0 Å². The van der Waals surface area contributed by atoms with Crippen LogP contribution in [-0.2, 0) is 14.3 Å². The van der Waals surface area contributed by atoms with Crippen LogP contribution >= 0.6 is 0 Å². The fraction of sp³-hybridized carbons (Fsp3) is 0.538. The van der Waals surface area contributed by atoms with Gasteiger partial charge in [0.25, 0.3) is 10.1 Å². The number of rotatable bonds is 4. The lowest BCUT2D eigenvalue weighted by Crippen LogP contribution is -2.13. The SMILES string of the molecule is CCOS(=O)(=O)c1ccc(C)cc1[C@H]1CCNC1. The molecule has 0 bridgehead atoms. The van der Waals surface area contributed by atoms with Crippen molar-refractivity contribution in [2.75, 3.05) is 19.7 Å². The van der Waals surface area contributed by atoms with Crippen LogP contribution in [0.15, 0.2) is 23.1 Å². The first-order valence-electron chi connectivity index (χ1n) is 6.25. The first-order chi connectivity index (χ1) is 8.54. The topological polar surface area (TPSA) is 55.4 Å². The van der Waals surface area contributed by atoms with E-state index in [2.05, 4.69) is 5.32 Å². The van der Waals surface area contributed by atoms with Crippen LogP contribution in [0.3, 0.4) is 0 Å². The van der Waals surface area contributed by atoms with Crippen molar-refractivity contribution < 1.29 is 12.6 Å². The van der Waals surface area contributed by atoms with Crippen LogP contribution in [-0.4, -0.2) is 28.1 Å². The van der Waals surface area contributed by atoms with Crippen molar-refractivity contribution >= 4 is 10.1 Å². The summed E-state index contributed by atoms with van der Waals surface area (Å²) in [5, 5.41) is 3.27. The molecule has 0 amide bonds. The van der Waals surface area contributed by atoms with Gasteiger partial charge in [-0.2, -0.15) is 8.42 Å². The maximum atomic E-state index is 12.1. The Labute approximate surface area is 108 Å². The van der Waals surface area contributed by atoms with Gasteiger partial charge in [-0.1, -0.05) is 17.7 Å². The number of benzene rings is 1. The molecule has 1 aliphatic heterocycles. The summed E-state index contributed by atoms with van der Waals surface area (Å²) in [6.07, 6.45) is 0.970. The molecule has 0 saturated carbocycles. The molecule has 1 N–H and O–H groups in total. The Morgan fingerprint density at radius 1 is 1.44 bits per heavy atom. The molecule has 1 aliphatic rings. The van der Waals surface area contributed by atoms with Gasteiger partial charge in [0.05, 0.1) is 11.5 Å². The molecular weight excluding hydrogens is 250 g/mol. The molecule has 1 aromatic rings. The first kappa shape index (κ1) is 13.5.